The Hall–Kier alpha value is -1.89. The minimum absolute atomic E-state index is 0.0782. The van der Waals surface area contributed by atoms with Gasteiger partial charge in [0.1, 0.15) is 6.61 Å². The second-order valence-electron chi connectivity index (χ2n) is 5.22. The molecule has 1 N–H and O–H groups in total. The lowest BCUT2D eigenvalue weighted by Crippen LogP contribution is -2.33. The van der Waals surface area contributed by atoms with Gasteiger partial charge in [-0.15, -0.1) is 0 Å². The normalized spacial score (nSPS) is 18.0. The zero-order valence-electron chi connectivity index (χ0n) is 12.5. The third-order valence-corrected chi connectivity index (χ3v) is 3.63. The molecular formula is C14H22N4O3. The van der Waals surface area contributed by atoms with Crippen molar-refractivity contribution in [3.8, 4) is 0 Å². The molecule has 1 atom stereocenters. The van der Waals surface area contributed by atoms with Gasteiger partial charge in [-0.3, -0.25) is 9.59 Å². The summed E-state index contributed by atoms with van der Waals surface area (Å²) >= 11 is 0. The minimum Gasteiger partial charge on any atom is -0.372 e. The number of amides is 1. The van der Waals surface area contributed by atoms with Crippen molar-refractivity contribution in [1.29, 1.82) is 0 Å². The highest BCUT2D eigenvalue weighted by Gasteiger charge is 2.23. The quantitative estimate of drug-likeness (QED) is 0.783. The summed E-state index contributed by atoms with van der Waals surface area (Å²) in [6, 6.07) is 1.60. The van der Waals surface area contributed by atoms with Crippen LogP contribution < -0.4 is 15.8 Å². The molecule has 0 radical (unpaired) electrons. The molecule has 1 fully saturated rings. The summed E-state index contributed by atoms with van der Waals surface area (Å²) in [6.45, 7) is 4.86. The van der Waals surface area contributed by atoms with E-state index in [4.69, 9.17) is 4.74 Å². The summed E-state index contributed by atoms with van der Waals surface area (Å²) in [5.41, 5.74) is 0.738. The smallest absolute Gasteiger partial charge is 0.268 e. The van der Waals surface area contributed by atoms with Crippen LogP contribution in [0.4, 0.5) is 5.69 Å². The summed E-state index contributed by atoms with van der Waals surface area (Å²) in [4.78, 5) is 25.2. The molecule has 0 bridgehead atoms. The van der Waals surface area contributed by atoms with Gasteiger partial charge in [0.25, 0.3) is 5.56 Å². The Bertz CT molecular complexity index is 543. The third-order valence-electron chi connectivity index (χ3n) is 3.63. The predicted octanol–water partition coefficient (Wildman–Crippen LogP) is -0.241. The highest BCUT2D eigenvalue weighted by atomic mass is 16.5. The average molecular weight is 294 g/mol. The Kier molecular flexibility index (Phi) is 5.32. The Morgan fingerprint density at radius 2 is 2.38 bits per heavy atom. The zero-order valence-corrected chi connectivity index (χ0v) is 12.5. The van der Waals surface area contributed by atoms with Crippen molar-refractivity contribution < 1.29 is 9.53 Å². The van der Waals surface area contributed by atoms with Crippen molar-refractivity contribution in [2.24, 2.45) is 13.0 Å². The van der Waals surface area contributed by atoms with Crippen LogP contribution in [-0.4, -0.2) is 48.5 Å². The van der Waals surface area contributed by atoms with Gasteiger partial charge in [0.2, 0.25) is 5.91 Å². The lowest BCUT2D eigenvalue weighted by atomic mass is 10.1. The van der Waals surface area contributed by atoms with E-state index in [0.29, 0.717) is 19.1 Å². The first-order valence-electron chi connectivity index (χ1n) is 7.23. The molecule has 1 aromatic rings. The molecule has 7 nitrogen and oxygen atoms in total. The molecule has 0 unspecified atom stereocenters. The van der Waals surface area contributed by atoms with Gasteiger partial charge in [-0.1, -0.05) is 0 Å². The van der Waals surface area contributed by atoms with E-state index in [1.807, 2.05) is 6.92 Å². The fraction of sp³-hybridized carbons (Fsp3) is 0.643. The Balaban J connectivity index is 1.82. The van der Waals surface area contributed by atoms with Crippen molar-refractivity contribution in [2.75, 3.05) is 37.7 Å². The number of aromatic nitrogens is 2. The second kappa shape index (κ2) is 7.21. The van der Waals surface area contributed by atoms with Gasteiger partial charge in [-0.05, 0) is 19.3 Å². The Morgan fingerprint density at radius 3 is 3.10 bits per heavy atom. The van der Waals surface area contributed by atoms with E-state index in [1.54, 1.807) is 19.3 Å². The number of carbonyl (C=O) groups excluding carboxylic acids is 1. The molecule has 1 amide bonds. The molecule has 1 aliphatic heterocycles. The molecule has 116 valence electrons. The third kappa shape index (κ3) is 4.29. The number of anilines is 1. The Morgan fingerprint density at radius 1 is 1.57 bits per heavy atom. The molecular weight excluding hydrogens is 272 g/mol. The molecule has 0 aliphatic carbocycles. The molecule has 1 aliphatic rings. The highest BCUT2D eigenvalue weighted by molar-refractivity contribution is 5.77. The van der Waals surface area contributed by atoms with Gasteiger partial charge < -0.3 is 15.0 Å². The molecule has 2 rings (SSSR count). The average Bonchev–Trinajstić information content (AvgIpc) is 2.94. The van der Waals surface area contributed by atoms with Crippen molar-refractivity contribution in [1.82, 2.24) is 15.1 Å². The van der Waals surface area contributed by atoms with E-state index >= 15 is 0 Å². The molecule has 2 heterocycles. The maximum absolute atomic E-state index is 11.6. The zero-order chi connectivity index (χ0) is 15.2. The summed E-state index contributed by atoms with van der Waals surface area (Å²) in [7, 11) is 1.63. The fourth-order valence-electron chi connectivity index (χ4n) is 2.37. The summed E-state index contributed by atoms with van der Waals surface area (Å²) < 4.78 is 6.37. The molecule has 21 heavy (non-hydrogen) atoms. The lowest BCUT2D eigenvalue weighted by molar-refractivity contribution is -0.125. The topological polar surface area (TPSA) is 76.5 Å². The van der Waals surface area contributed by atoms with Crippen LogP contribution in [0, 0.1) is 5.92 Å². The van der Waals surface area contributed by atoms with Crippen LogP contribution in [0.2, 0.25) is 0 Å². The summed E-state index contributed by atoms with van der Waals surface area (Å²) in [5, 5.41) is 6.91. The molecule has 7 heteroatoms. The molecule has 1 saturated heterocycles. The molecule has 1 aromatic heterocycles. The molecule has 0 saturated carbocycles. The number of hydrogen-bond donors (Lipinski definition) is 1. The standard InChI is InChI=1S/C14H22N4O3/c1-3-21-10-13(19)15-7-11-4-5-18(9-11)12-6-14(20)17(2)16-8-12/h6,8,11H,3-5,7,9-10H2,1-2H3,(H,15,19)/t11-/m0/s1. The number of ether oxygens (including phenoxy) is 1. The van der Waals surface area contributed by atoms with Crippen LogP contribution in [0.25, 0.3) is 0 Å². The largest absolute Gasteiger partial charge is 0.372 e. The van der Waals surface area contributed by atoms with E-state index < -0.39 is 0 Å². The van der Waals surface area contributed by atoms with Crippen molar-refractivity contribution in [3.63, 3.8) is 0 Å². The van der Waals surface area contributed by atoms with Gasteiger partial charge in [-0.2, -0.15) is 5.10 Å². The van der Waals surface area contributed by atoms with Crippen molar-refractivity contribution in [2.45, 2.75) is 13.3 Å². The van der Waals surface area contributed by atoms with Crippen LogP contribution in [0.3, 0.4) is 0 Å². The Labute approximate surface area is 123 Å². The van der Waals surface area contributed by atoms with Gasteiger partial charge in [-0.25, -0.2) is 4.68 Å². The van der Waals surface area contributed by atoms with Gasteiger partial charge in [0.15, 0.2) is 0 Å². The number of rotatable bonds is 6. The highest BCUT2D eigenvalue weighted by Crippen LogP contribution is 2.21. The van der Waals surface area contributed by atoms with Crippen LogP contribution in [-0.2, 0) is 16.6 Å². The number of carbonyl (C=O) groups is 1. The minimum atomic E-state index is -0.110. The number of aryl methyl sites for hydroxylation is 1. The first kappa shape index (κ1) is 15.5. The molecule has 0 spiro atoms. The van der Waals surface area contributed by atoms with Crippen LogP contribution in [0.1, 0.15) is 13.3 Å². The van der Waals surface area contributed by atoms with Crippen LogP contribution >= 0.6 is 0 Å². The van der Waals surface area contributed by atoms with E-state index in [-0.39, 0.29) is 18.1 Å². The van der Waals surface area contributed by atoms with Crippen molar-refractivity contribution in [3.05, 3.63) is 22.6 Å². The SMILES string of the molecule is CCOCC(=O)NC[C@@H]1CCN(c2cnn(C)c(=O)c2)C1. The maximum Gasteiger partial charge on any atom is 0.268 e. The first-order valence-corrected chi connectivity index (χ1v) is 7.23. The van der Waals surface area contributed by atoms with Gasteiger partial charge in [0.05, 0.1) is 11.9 Å². The van der Waals surface area contributed by atoms with E-state index in [0.717, 1.165) is 25.2 Å². The van der Waals surface area contributed by atoms with Crippen LogP contribution in [0.5, 0.6) is 0 Å². The summed E-state index contributed by atoms with van der Waals surface area (Å²) in [5.74, 6) is 0.310. The van der Waals surface area contributed by atoms with Crippen molar-refractivity contribution >= 4 is 11.6 Å². The lowest BCUT2D eigenvalue weighted by Gasteiger charge is -2.18. The second-order valence-corrected chi connectivity index (χ2v) is 5.22. The van der Waals surface area contributed by atoms with Crippen LogP contribution in [0.15, 0.2) is 17.1 Å². The van der Waals surface area contributed by atoms with E-state index in [9.17, 15) is 9.59 Å². The van der Waals surface area contributed by atoms with Gasteiger partial charge >= 0.3 is 0 Å². The molecule has 0 aromatic carbocycles. The maximum atomic E-state index is 11.6. The number of hydrogen-bond acceptors (Lipinski definition) is 5. The van der Waals surface area contributed by atoms with Gasteiger partial charge in [0, 0.05) is 39.4 Å². The number of nitrogens with one attached hydrogen (secondary N) is 1. The van der Waals surface area contributed by atoms with E-state index in [2.05, 4.69) is 15.3 Å². The monoisotopic (exact) mass is 294 g/mol. The number of nitrogens with zero attached hydrogens (tertiary/aromatic N) is 3. The fourth-order valence-corrected chi connectivity index (χ4v) is 2.37. The van der Waals surface area contributed by atoms with E-state index in [1.165, 1.54) is 4.68 Å². The predicted molar refractivity (Wildman–Crippen MR) is 79.3 cm³/mol. The first-order chi connectivity index (χ1) is 10.1. The summed E-state index contributed by atoms with van der Waals surface area (Å²) in [6.07, 6.45) is 2.70.